The van der Waals surface area contributed by atoms with Crippen molar-refractivity contribution in [2.45, 2.75) is 32.8 Å². The summed E-state index contributed by atoms with van der Waals surface area (Å²) < 4.78 is 4.08. The van der Waals surface area contributed by atoms with Crippen LogP contribution in [0.1, 0.15) is 26.7 Å². The second-order valence-corrected chi connectivity index (χ2v) is 2.28. The number of aliphatic hydroxyl groups is 1. The summed E-state index contributed by atoms with van der Waals surface area (Å²) in [6, 6.07) is 0. The van der Waals surface area contributed by atoms with Crippen LogP contribution < -0.4 is 0 Å². The van der Waals surface area contributed by atoms with Gasteiger partial charge in [0.2, 0.25) is 5.76 Å². The van der Waals surface area contributed by atoms with E-state index in [0.717, 1.165) is 12.8 Å². The Morgan fingerprint density at radius 2 is 1.82 bits per heavy atom. The Balaban J connectivity index is 0.000000183. The van der Waals surface area contributed by atoms with Gasteiger partial charge in [0, 0.05) is 0 Å². The van der Waals surface area contributed by atoms with E-state index >= 15 is 0 Å². The lowest BCUT2D eigenvalue weighted by Gasteiger charge is -1.98. The summed E-state index contributed by atoms with van der Waals surface area (Å²) in [5, 5.41) is 8.67. The average molecular weight is 158 g/mol. The van der Waals surface area contributed by atoms with Gasteiger partial charge in [-0.3, -0.25) is 0 Å². The number of carbonyl (C=O) groups excluding carboxylic acids is 1. The number of carbonyl (C=O) groups is 1. The zero-order valence-electron chi connectivity index (χ0n) is 6.96. The molecular weight excluding hydrogens is 144 g/mol. The van der Waals surface area contributed by atoms with Gasteiger partial charge in [0.15, 0.2) is 0 Å². The predicted molar refractivity (Wildman–Crippen MR) is 41.8 cm³/mol. The number of epoxide rings is 1. The standard InChI is InChI=1S/C5H12O.C3H2O2/c1-3-5(6)4-2;1-2-3(4)5-2/h5-6H,3-4H2,1-2H3;1H2. The first-order valence-electron chi connectivity index (χ1n) is 3.70. The summed E-state index contributed by atoms with van der Waals surface area (Å²) in [5.41, 5.74) is 0. The van der Waals surface area contributed by atoms with Crippen LogP contribution in [0.2, 0.25) is 0 Å². The van der Waals surface area contributed by atoms with Gasteiger partial charge in [-0.15, -0.1) is 0 Å². The van der Waals surface area contributed by atoms with Gasteiger partial charge in [0.25, 0.3) is 0 Å². The van der Waals surface area contributed by atoms with Crippen LogP contribution in [-0.2, 0) is 9.53 Å². The van der Waals surface area contributed by atoms with E-state index in [0.29, 0.717) is 0 Å². The fourth-order valence-corrected chi connectivity index (χ4v) is 0.375. The molecule has 0 radical (unpaired) electrons. The van der Waals surface area contributed by atoms with E-state index < -0.39 is 0 Å². The first-order chi connectivity index (χ1) is 5.11. The Labute approximate surface area is 66.7 Å². The molecule has 1 rings (SSSR count). The van der Waals surface area contributed by atoms with E-state index in [4.69, 9.17) is 5.11 Å². The number of rotatable bonds is 2. The third-order valence-corrected chi connectivity index (χ3v) is 1.34. The molecule has 3 heteroatoms. The summed E-state index contributed by atoms with van der Waals surface area (Å²) in [6.07, 6.45) is 1.71. The highest BCUT2D eigenvalue weighted by Gasteiger charge is 2.26. The Morgan fingerprint density at radius 1 is 1.55 bits per heavy atom. The van der Waals surface area contributed by atoms with Crippen molar-refractivity contribution in [1.29, 1.82) is 0 Å². The fraction of sp³-hybridized carbons (Fsp3) is 0.625. The quantitative estimate of drug-likeness (QED) is 0.485. The Hall–Kier alpha value is -0.830. The Bertz CT molecular complexity index is 135. The van der Waals surface area contributed by atoms with Gasteiger partial charge in [-0.1, -0.05) is 13.8 Å². The topological polar surface area (TPSA) is 49.8 Å². The van der Waals surface area contributed by atoms with E-state index in [9.17, 15) is 4.79 Å². The number of aliphatic hydroxyl groups excluding tert-OH is 1. The molecule has 1 aliphatic rings. The number of hydrogen-bond donors (Lipinski definition) is 1. The molecule has 1 aliphatic heterocycles. The maximum absolute atomic E-state index is 9.56. The Kier molecular flexibility index (Phi) is 4.54. The van der Waals surface area contributed by atoms with Gasteiger partial charge < -0.3 is 9.84 Å². The average Bonchev–Trinajstić information content (AvgIpc) is 2.64. The molecule has 0 saturated carbocycles. The first-order valence-corrected chi connectivity index (χ1v) is 3.70. The maximum Gasteiger partial charge on any atom is 0.379 e. The lowest BCUT2D eigenvalue weighted by Crippen LogP contribution is -1.99. The third-order valence-electron chi connectivity index (χ3n) is 1.34. The lowest BCUT2D eigenvalue weighted by atomic mass is 10.2. The van der Waals surface area contributed by atoms with Crippen LogP contribution in [0.3, 0.4) is 0 Å². The van der Waals surface area contributed by atoms with Crippen molar-refractivity contribution in [3.05, 3.63) is 12.3 Å². The molecule has 0 aliphatic carbocycles. The van der Waals surface area contributed by atoms with Gasteiger partial charge in [0.1, 0.15) is 0 Å². The molecule has 0 bridgehead atoms. The maximum atomic E-state index is 9.56. The molecule has 0 aromatic rings. The van der Waals surface area contributed by atoms with Crippen molar-refractivity contribution in [3.63, 3.8) is 0 Å². The molecule has 11 heavy (non-hydrogen) atoms. The van der Waals surface area contributed by atoms with Crippen molar-refractivity contribution in [3.8, 4) is 0 Å². The minimum atomic E-state index is -0.273. The molecule has 1 fully saturated rings. The van der Waals surface area contributed by atoms with Crippen LogP contribution in [0, 0.1) is 0 Å². The van der Waals surface area contributed by atoms with Crippen molar-refractivity contribution in [2.24, 2.45) is 0 Å². The van der Waals surface area contributed by atoms with Gasteiger partial charge in [-0.25, -0.2) is 4.79 Å². The summed E-state index contributed by atoms with van der Waals surface area (Å²) in [6.45, 7) is 7.14. The fourth-order valence-electron chi connectivity index (χ4n) is 0.375. The highest BCUT2D eigenvalue weighted by atomic mass is 16.6. The summed E-state index contributed by atoms with van der Waals surface area (Å²) in [4.78, 5) is 9.56. The number of hydrogen-bond acceptors (Lipinski definition) is 3. The van der Waals surface area contributed by atoms with Crippen LogP contribution in [0.5, 0.6) is 0 Å². The monoisotopic (exact) mass is 158 g/mol. The molecule has 0 spiro atoms. The number of ether oxygens (including phenoxy) is 1. The smallest absolute Gasteiger partial charge is 0.379 e. The van der Waals surface area contributed by atoms with Crippen LogP contribution in [0.15, 0.2) is 12.3 Å². The van der Waals surface area contributed by atoms with E-state index in [2.05, 4.69) is 11.3 Å². The van der Waals surface area contributed by atoms with Crippen LogP contribution in [0.25, 0.3) is 0 Å². The highest BCUT2D eigenvalue weighted by molar-refractivity contribution is 5.99. The minimum Gasteiger partial charge on any atom is -0.414 e. The van der Waals surface area contributed by atoms with Crippen LogP contribution in [0.4, 0.5) is 0 Å². The zero-order valence-corrected chi connectivity index (χ0v) is 6.96. The summed E-state index contributed by atoms with van der Waals surface area (Å²) in [5.74, 6) is 0.00926. The van der Waals surface area contributed by atoms with Crippen molar-refractivity contribution in [2.75, 3.05) is 0 Å². The molecule has 0 aromatic carbocycles. The van der Waals surface area contributed by atoms with E-state index in [1.807, 2.05) is 13.8 Å². The second-order valence-electron chi connectivity index (χ2n) is 2.28. The number of cyclic esters (lactones) is 1. The molecule has 64 valence electrons. The van der Waals surface area contributed by atoms with Crippen molar-refractivity contribution < 1.29 is 14.6 Å². The van der Waals surface area contributed by atoms with Gasteiger partial charge in [0.05, 0.1) is 6.10 Å². The Morgan fingerprint density at radius 3 is 1.82 bits per heavy atom. The van der Waals surface area contributed by atoms with Crippen LogP contribution >= 0.6 is 0 Å². The molecule has 1 saturated heterocycles. The largest absolute Gasteiger partial charge is 0.414 e. The summed E-state index contributed by atoms with van der Waals surface area (Å²) >= 11 is 0. The normalized spacial score (nSPS) is 13.8. The van der Waals surface area contributed by atoms with Gasteiger partial charge in [-0.05, 0) is 19.4 Å². The lowest BCUT2D eigenvalue weighted by molar-refractivity contribution is -0.117. The van der Waals surface area contributed by atoms with Crippen LogP contribution in [-0.4, -0.2) is 17.2 Å². The predicted octanol–water partition coefficient (Wildman–Crippen LogP) is 1.22. The van der Waals surface area contributed by atoms with E-state index in [1.165, 1.54) is 0 Å². The highest BCUT2D eigenvalue weighted by Crippen LogP contribution is 2.11. The molecule has 1 heterocycles. The minimum absolute atomic E-state index is 0.0648. The SMILES string of the molecule is C=C1OC1=O.CCC(O)CC. The first kappa shape index (κ1) is 10.2. The molecule has 0 amide bonds. The molecule has 1 N–H and O–H groups in total. The third kappa shape index (κ3) is 5.61. The van der Waals surface area contributed by atoms with E-state index in [-0.39, 0.29) is 17.8 Å². The van der Waals surface area contributed by atoms with Gasteiger partial charge >= 0.3 is 5.97 Å². The second kappa shape index (κ2) is 4.91. The van der Waals surface area contributed by atoms with Crippen molar-refractivity contribution >= 4 is 5.97 Å². The molecular formula is C8H14O3. The zero-order chi connectivity index (χ0) is 8.85. The molecule has 3 nitrogen and oxygen atoms in total. The van der Waals surface area contributed by atoms with Crippen molar-refractivity contribution in [1.82, 2.24) is 0 Å². The van der Waals surface area contributed by atoms with Gasteiger partial charge in [-0.2, -0.15) is 0 Å². The molecule has 0 unspecified atom stereocenters. The molecule has 0 atom stereocenters. The van der Waals surface area contributed by atoms with E-state index in [1.54, 1.807) is 0 Å². The molecule has 0 aromatic heterocycles. The summed E-state index contributed by atoms with van der Waals surface area (Å²) in [7, 11) is 0.